The van der Waals surface area contributed by atoms with Gasteiger partial charge in [0.2, 0.25) is 0 Å². The molecule has 0 aliphatic carbocycles. The zero-order chi connectivity index (χ0) is 13.1. The fourth-order valence-electron chi connectivity index (χ4n) is 1.65. The lowest BCUT2D eigenvalue weighted by Crippen LogP contribution is -2.28. The van der Waals surface area contributed by atoms with Crippen LogP contribution in [0.3, 0.4) is 0 Å². The first-order valence-corrected chi connectivity index (χ1v) is 6.24. The van der Waals surface area contributed by atoms with Gasteiger partial charge in [-0.25, -0.2) is 9.59 Å². The third-order valence-electron chi connectivity index (χ3n) is 2.37. The highest BCUT2D eigenvalue weighted by Crippen LogP contribution is 2.35. The van der Waals surface area contributed by atoms with Crippen LogP contribution in [0.2, 0.25) is 0 Å². The van der Waals surface area contributed by atoms with Crippen LogP contribution < -0.4 is 10.6 Å². The molecule has 2 rings (SSSR count). The molecule has 1 aromatic heterocycles. The number of hydrogen-bond donors (Lipinski definition) is 3. The zero-order valence-corrected chi connectivity index (χ0v) is 10.5. The summed E-state index contributed by atoms with van der Waals surface area (Å²) in [6.45, 7) is 2.28. The molecule has 5 nitrogen and oxygen atoms in total. The van der Waals surface area contributed by atoms with Crippen LogP contribution in [0.15, 0.2) is 24.3 Å². The standard InChI is InChI=1S/C12H12N2O3S/c1-2-13-12(17)14-10-9(11(15)16)7-5-3-4-6-8(7)18-10/h3-6H,2H2,1H3,(H,15,16)(H2,13,14,17). The van der Waals surface area contributed by atoms with E-state index in [0.29, 0.717) is 16.9 Å². The molecule has 0 unspecified atom stereocenters. The molecule has 0 aliphatic heterocycles. The van der Waals surface area contributed by atoms with Gasteiger partial charge < -0.3 is 10.4 Å². The van der Waals surface area contributed by atoms with Crippen LogP contribution in [-0.4, -0.2) is 23.7 Å². The van der Waals surface area contributed by atoms with Crippen molar-refractivity contribution in [3.05, 3.63) is 29.8 Å². The molecule has 3 N–H and O–H groups in total. The second-order valence-corrected chi connectivity index (χ2v) is 4.64. The van der Waals surface area contributed by atoms with Gasteiger partial charge in [0.25, 0.3) is 0 Å². The van der Waals surface area contributed by atoms with Crippen molar-refractivity contribution < 1.29 is 14.7 Å². The maximum Gasteiger partial charge on any atom is 0.339 e. The van der Waals surface area contributed by atoms with Crippen LogP contribution in [0.25, 0.3) is 10.1 Å². The lowest BCUT2D eigenvalue weighted by atomic mass is 10.1. The van der Waals surface area contributed by atoms with E-state index in [2.05, 4.69) is 10.6 Å². The lowest BCUT2D eigenvalue weighted by molar-refractivity contribution is 0.0700. The second-order valence-electron chi connectivity index (χ2n) is 3.59. The zero-order valence-electron chi connectivity index (χ0n) is 9.69. The van der Waals surface area contributed by atoms with Crippen LogP contribution in [-0.2, 0) is 0 Å². The van der Waals surface area contributed by atoms with Gasteiger partial charge in [-0.3, -0.25) is 5.32 Å². The predicted octanol–water partition coefficient (Wildman–Crippen LogP) is 2.74. The molecule has 18 heavy (non-hydrogen) atoms. The summed E-state index contributed by atoms with van der Waals surface area (Å²) in [6, 6.07) is 6.78. The van der Waals surface area contributed by atoms with E-state index in [9.17, 15) is 14.7 Å². The molecule has 2 aromatic rings. The third-order valence-corrected chi connectivity index (χ3v) is 3.46. The molecular formula is C12H12N2O3S. The number of carbonyl (C=O) groups excluding carboxylic acids is 1. The smallest absolute Gasteiger partial charge is 0.339 e. The number of amides is 2. The number of benzene rings is 1. The summed E-state index contributed by atoms with van der Waals surface area (Å²) >= 11 is 1.25. The minimum Gasteiger partial charge on any atom is -0.478 e. The fraction of sp³-hybridized carbons (Fsp3) is 0.167. The summed E-state index contributed by atoms with van der Waals surface area (Å²) in [5.74, 6) is -1.04. The molecule has 0 atom stereocenters. The van der Waals surface area contributed by atoms with Gasteiger partial charge in [-0.05, 0) is 13.0 Å². The maximum atomic E-state index is 11.5. The van der Waals surface area contributed by atoms with Crippen molar-refractivity contribution >= 4 is 38.4 Å². The molecule has 0 saturated heterocycles. The highest BCUT2D eigenvalue weighted by Gasteiger charge is 2.19. The van der Waals surface area contributed by atoms with Gasteiger partial charge in [0.15, 0.2) is 0 Å². The topological polar surface area (TPSA) is 78.4 Å². The minimum absolute atomic E-state index is 0.141. The molecule has 0 saturated carbocycles. The summed E-state index contributed by atoms with van der Waals surface area (Å²) in [6.07, 6.45) is 0. The SMILES string of the molecule is CCNC(=O)Nc1sc2ccccc2c1C(=O)O. The Hall–Kier alpha value is -2.08. The van der Waals surface area contributed by atoms with Crippen molar-refractivity contribution in [1.82, 2.24) is 5.32 Å². The van der Waals surface area contributed by atoms with Crippen LogP contribution in [0, 0.1) is 0 Å². The van der Waals surface area contributed by atoms with Crippen LogP contribution in [0.5, 0.6) is 0 Å². The molecule has 0 fully saturated rings. The van der Waals surface area contributed by atoms with E-state index in [1.54, 1.807) is 19.1 Å². The van der Waals surface area contributed by atoms with Gasteiger partial charge in [-0.2, -0.15) is 0 Å². The number of carboxylic acids is 1. The Kier molecular flexibility index (Phi) is 3.47. The van der Waals surface area contributed by atoms with Crippen LogP contribution >= 0.6 is 11.3 Å². The fourth-order valence-corrected chi connectivity index (χ4v) is 2.74. The third kappa shape index (κ3) is 2.28. The number of aromatic carboxylic acids is 1. The predicted molar refractivity (Wildman–Crippen MR) is 71.5 cm³/mol. The summed E-state index contributed by atoms with van der Waals surface area (Å²) in [5.41, 5.74) is 0.141. The Morgan fingerprint density at radius 2 is 2.06 bits per heavy atom. The number of anilines is 1. The van der Waals surface area contributed by atoms with Crippen molar-refractivity contribution in [1.29, 1.82) is 0 Å². The van der Waals surface area contributed by atoms with E-state index in [-0.39, 0.29) is 5.56 Å². The van der Waals surface area contributed by atoms with Gasteiger partial charge in [-0.15, -0.1) is 11.3 Å². The summed E-state index contributed by atoms with van der Waals surface area (Å²) in [5, 5.41) is 15.4. The first-order valence-electron chi connectivity index (χ1n) is 5.43. The number of thiophene rings is 1. The van der Waals surface area contributed by atoms with Crippen LogP contribution in [0.4, 0.5) is 9.80 Å². The first-order chi connectivity index (χ1) is 8.63. The van der Waals surface area contributed by atoms with Crippen molar-refractivity contribution in [2.45, 2.75) is 6.92 Å². The minimum atomic E-state index is -1.04. The summed E-state index contributed by atoms with van der Waals surface area (Å²) < 4.78 is 0.835. The van der Waals surface area contributed by atoms with Crippen molar-refractivity contribution in [3.63, 3.8) is 0 Å². The maximum absolute atomic E-state index is 11.5. The molecule has 0 aliphatic rings. The average molecular weight is 264 g/mol. The van der Waals surface area contributed by atoms with E-state index in [4.69, 9.17) is 0 Å². The Morgan fingerprint density at radius 1 is 1.33 bits per heavy atom. The molecular weight excluding hydrogens is 252 g/mol. The number of nitrogens with one attached hydrogen (secondary N) is 2. The molecule has 6 heteroatoms. The van der Waals surface area contributed by atoms with Gasteiger partial charge in [-0.1, -0.05) is 18.2 Å². The highest BCUT2D eigenvalue weighted by atomic mass is 32.1. The molecule has 0 spiro atoms. The second kappa shape index (κ2) is 5.05. The quantitative estimate of drug-likeness (QED) is 0.797. The summed E-state index contributed by atoms with van der Waals surface area (Å²) in [7, 11) is 0. The number of hydrogen-bond acceptors (Lipinski definition) is 3. The van der Waals surface area contributed by atoms with Crippen molar-refractivity contribution in [3.8, 4) is 0 Å². The normalized spacial score (nSPS) is 10.3. The van der Waals surface area contributed by atoms with Gasteiger partial charge in [0, 0.05) is 16.6 Å². The number of carboxylic acid groups (broad SMARTS) is 1. The Bertz CT molecular complexity index is 606. The van der Waals surface area contributed by atoms with E-state index >= 15 is 0 Å². The van der Waals surface area contributed by atoms with E-state index in [1.165, 1.54) is 11.3 Å². The van der Waals surface area contributed by atoms with Gasteiger partial charge in [0.05, 0.1) is 0 Å². The van der Waals surface area contributed by atoms with E-state index in [1.807, 2.05) is 12.1 Å². The molecule has 2 amide bonds. The number of rotatable bonds is 3. The number of carbonyl (C=O) groups is 2. The molecule has 94 valence electrons. The molecule has 1 aromatic carbocycles. The van der Waals surface area contributed by atoms with E-state index in [0.717, 1.165) is 4.70 Å². The van der Waals surface area contributed by atoms with Crippen molar-refractivity contribution in [2.24, 2.45) is 0 Å². The molecule has 0 bridgehead atoms. The Balaban J connectivity index is 2.46. The first kappa shape index (κ1) is 12.4. The summed E-state index contributed by atoms with van der Waals surface area (Å²) in [4.78, 5) is 22.7. The number of fused-ring (bicyclic) bond motifs is 1. The molecule has 1 heterocycles. The van der Waals surface area contributed by atoms with E-state index < -0.39 is 12.0 Å². The van der Waals surface area contributed by atoms with Crippen LogP contribution in [0.1, 0.15) is 17.3 Å². The average Bonchev–Trinajstić information content (AvgIpc) is 2.66. The monoisotopic (exact) mass is 264 g/mol. The molecule has 0 radical (unpaired) electrons. The van der Waals surface area contributed by atoms with Gasteiger partial charge in [0.1, 0.15) is 10.6 Å². The number of urea groups is 1. The van der Waals surface area contributed by atoms with Crippen molar-refractivity contribution in [2.75, 3.05) is 11.9 Å². The van der Waals surface area contributed by atoms with Gasteiger partial charge >= 0.3 is 12.0 Å². The lowest BCUT2D eigenvalue weighted by Gasteiger charge is -2.04. The largest absolute Gasteiger partial charge is 0.478 e. The Labute approximate surface area is 107 Å². The Morgan fingerprint density at radius 3 is 2.72 bits per heavy atom. The highest BCUT2D eigenvalue weighted by molar-refractivity contribution is 7.23.